The Bertz CT molecular complexity index is 1170. The fraction of sp³-hybridized carbons (Fsp3) is 0.462. The van der Waals surface area contributed by atoms with E-state index in [-0.39, 0.29) is 24.3 Å². The predicted octanol–water partition coefficient (Wildman–Crippen LogP) is 2.28. The van der Waals surface area contributed by atoms with Crippen molar-refractivity contribution < 1.29 is 14.7 Å². The van der Waals surface area contributed by atoms with Crippen LogP contribution in [0.2, 0.25) is 0 Å². The van der Waals surface area contributed by atoms with Gasteiger partial charge in [-0.15, -0.1) is 0 Å². The molecule has 3 heterocycles. The van der Waals surface area contributed by atoms with E-state index in [1.165, 1.54) is 0 Å². The lowest BCUT2D eigenvalue weighted by atomic mass is 10.1. The van der Waals surface area contributed by atoms with Crippen molar-refractivity contribution >= 4 is 23.1 Å². The number of hydrogen-bond acceptors (Lipinski definition) is 6. The van der Waals surface area contributed by atoms with Crippen molar-refractivity contribution in [2.75, 3.05) is 37.7 Å². The number of benzene rings is 1. The third-order valence-corrected chi connectivity index (χ3v) is 6.12. The molecule has 2 N–H and O–H groups in total. The summed E-state index contributed by atoms with van der Waals surface area (Å²) in [5, 5.41) is 17.1. The average molecular weight is 479 g/mol. The lowest BCUT2D eigenvalue weighted by Crippen LogP contribution is -2.39. The summed E-state index contributed by atoms with van der Waals surface area (Å²) < 4.78 is 1.59. The number of aliphatic hydroxyl groups is 1. The van der Waals surface area contributed by atoms with Crippen LogP contribution in [0.3, 0.4) is 0 Å². The first kappa shape index (κ1) is 24.8. The topological polar surface area (TPSA) is 103 Å². The molecule has 0 atom stereocenters. The number of nitrogens with zero attached hydrogens (tertiary/aromatic N) is 5. The molecule has 0 saturated heterocycles. The van der Waals surface area contributed by atoms with Crippen LogP contribution in [0, 0.1) is 5.92 Å². The average Bonchev–Trinajstić information content (AvgIpc) is 3.24. The predicted molar refractivity (Wildman–Crippen MR) is 134 cm³/mol. The highest BCUT2D eigenvalue weighted by Crippen LogP contribution is 2.23. The number of hydrogen-bond donors (Lipinski definition) is 2. The molecule has 4 rings (SSSR count). The second-order valence-corrected chi connectivity index (χ2v) is 9.36. The van der Waals surface area contributed by atoms with Gasteiger partial charge in [0.2, 0.25) is 5.91 Å². The number of carbonyl (C=O) groups excluding carboxylic acids is 2. The summed E-state index contributed by atoms with van der Waals surface area (Å²) in [6.45, 7) is 6.99. The highest BCUT2D eigenvalue weighted by molar-refractivity contribution is 5.94. The molecule has 1 aromatic carbocycles. The molecule has 35 heavy (non-hydrogen) atoms. The SMILES string of the molecule is CC(C)CC(=O)N1CCCN(C(=O)c2cc3ncc(CCO)cn3n2)CCNCc2ccccc21. The van der Waals surface area contributed by atoms with E-state index in [0.717, 1.165) is 16.8 Å². The first-order chi connectivity index (χ1) is 17.0. The van der Waals surface area contributed by atoms with Crippen LogP contribution in [-0.2, 0) is 17.8 Å². The van der Waals surface area contributed by atoms with Gasteiger partial charge in [0.05, 0.1) is 0 Å². The maximum atomic E-state index is 13.4. The van der Waals surface area contributed by atoms with Crippen molar-refractivity contribution in [1.82, 2.24) is 24.8 Å². The summed E-state index contributed by atoms with van der Waals surface area (Å²) in [7, 11) is 0. The molecule has 2 amide bonds. The normalized spacial score (nSPS) is 15.2. The van der Waals surface area contributed by atoms with Crippen molar-refractivity contribution in [2.45, 2.75) is 39.7 Å². The van der Waals surface area contributed by atoms with Gasteiger partial charge in [0.1, 0.15) is 0 Å². The van der Waals surface area contributed by atoms with E-state index in [0.29, 0.717) is 63.3 Å². The number of aliphatic hydroxyl groups excluding tert-OH is 1. The minimum absolute atomic E-state index is 0.0293. The van der Waals surface area contributed by atoms with Crippen LogP contribution in [0.1, 0.15) is 48.3 Å². The first-order valence-electron chi connectivity index (χ1n) is 12.3. The standard InChI is InChI=1S/C26H34N6O3/c1-19(2)14-25(34)31-11-5-10-30(12-9-27-17-21-6-3-4-7-23(21)31)26(35)22-15-24-28-16-20(8-13-33)18-32(24)29-22/h3-4,6-7,15-16,18-19,27,33H,5,8-14,17H2,1-2H3. The molecule has 0 spiro atoms. The van der Waals surface area contributed by atoms with Gasteiger partial charge < -0.3 is 20.2 Å². The molecule has 0 saturated carbocycles. The van der Waals surface area contributed by atoms with Crippen molar-refractivity contribution in [2.24, 2.45) is 5.92 Å². The van der Waals surface area contributed by atoms with Gasteiger partial charge in [-0.1, -0.05) is 32.0 Å². The van der Waals surface area contributed by atoms with Crippen LogP contribution < -0.4 is 10.2 Å². The van der Waals surface area contributed by atoms with E-state index >= 15 is 0 Å². The molecular weight excluding hydrogens is 444 g/mol. The zero-order chi connectivity index (χ0) is 24.8. The molecule has 2 aromatic heterocycles. The minimum atomic E-state index is -0.155. The number of anilines is 1. The minimum Gasteiger partial charge on any atom is -0.396 e. The molecular formula is C26H34N6O3. The quantitative estimate of drug-likeness (QED) is 0.583. The second kappa shape index (κ2) is 11.4. The smallest absolute Gasteiger partial charge is 0.274 e. The molecule has 0 bridgehead atoms. The van der Waals surface area contributed by atoms with E-state index in [9.17, 15) is 14.7 Å². The maximum absolute atomic E-state index is 13.4. The van der Waals surface area contributed by atoms with E-state index in [2.05, 4.69) is 29.2 Å². The van der Waals surface area contributed by atoms with Crippen LogP contribution in [0.15, 0.2) is 42.7 Å². The van der Waals surface area contributed by atoms with Crippen molar-refractivity contribution in [1.29, 1.82) is 0 Å². The van der Waals surface area contributed by atoms with Crippen LogP contribution in [0.4, 0.5) is 5.69 Å². The maximum Gasteiger partial charge on any atom is 0.274 e. The molecule has 1 aliphatic heterocycles. The Labute approximate surface area is 205 Å². The van der Waals surface area contributed by atoms with Gasteiger partial charge in [-0.25, -0.2) is 9.50 Å². The Kier molecular flexibility index (Phi) is 8.09. The van der Waals surface area contributed by atoms with Gasteiger partial charge in [0.15, 0.2) is 11.3 Å². The molecule has 0 radical (unpaired) electrons. The highest BCUT2D eigenvalue weighted by Gasteiger charge is 2.23. The summed E-state index contributed by atoms with van der Waals surface area (Å²) in [6.07, 6.45) is 5.11. The van der Waals surface area contributed by atoms with E-state index in [4.69, 9.17) is 0 Å². The third-order valence-electron chi connectivity index (χ3n) is 6.12. The number of para-hydroxylation sites is 1. The molecule has 9 nitrogen and oxygen atoms in total. The van der Waals surface area contributed by atoms with Gasteiger partial charge in [0.25, 0.3) is 5.91 Å². The van der Waals surface area contributed by atoms with Gasteiger partial charge in [-0.3, -0.25) is 9.59 Å². The van der Waals surface area contributed by atoms with Gasteiger partial charge in [0, 0.05) is 69.9 Å². The summed E-state index contributed by atoms with van der Waals surface area (Å²) in [5.74, 6) is 0.220. The lowest BCUT2D eigenvalue weighted by molar-refractivity contribution is -0.119. The Hall–Kier alpha value is -3.30. The molecule has 0 fully saturated rings. The van der Waals surface area contributed by atoms with Crippen molar-refractivity contribution in [3.05, 3.63) is 59.5 Å². The Morgan fingerprint density at radius 3 is 2.80 bits per heavy atom. The summed E-state index contributed by atoms with van der Waals surface area (Å²) in [6, 6.07) is 9.70. The second-order valence-electron chi connectivity index (χ2n) is 9.36. The molecule has 9 heteroatoms. The van der Waals surface area contributed by atoms with Crippen LogP contribution >= 0.6 is 0 Å². The van der Waals surface area contributed by atoms with Crippen molar-refractivity contribution in [3.63, 3.8) is 0 Å². The third kappa shape index (κ3) is 6.04. The van der Waals surface area contributed by atoms with Crippen LogP contribution in [0.5, 0.6) is 0 Å². The lowest BCUT2D eigenvalue weighted by Gasteiger charge is -2.27. The number of amides is 2. The fourth-order valence-corrected chi connectivity index (χ4v) is 4.37. The van der Waals surface area contributed by atoms with E-state index in [1.54, 1.807) is 27.9 Å². The molecule has 0 aliphatic carbocycles. The Morgan fingerprint density at radius 1 is 1.17 bits per heavy atom. The van der Waals surface area contributed by atoms with Crippen LogP contribution in [-0.4, -0.2) is 69.2 Å². The van der Waals surface area contributed by atoms with E-state index in [1.807, 2.05) is 29.2 Å². The summed E-state index contributed by atoms with van der Waals surface area (Å²) in [5.41, 5.74) is 3.80. The largest absolute Gasteiger partial charge is 0.396 e. The van der Waals surface area contributed by atoms with Gasteiger partial charge in [-0.05, 0) is 36.0 Å². The molecule has 3 aromatic rings. The van der Waals surface area contributed by atoms with Crippen molar-refractivity contribution in [3.8, 4) is 0 Å². The first-order valence-corrected chi connectivity index (χ1v) is 12.3. The number of fused-ring (bicyclic) bond motifs is 2. The zero-order valence-corrected chi connectivity index (χ0v) is 20.5. The van der Waals surface area contributed by atoms with E-state index < -0.39 is 0 Å². The number of carbonyl (C=O) groups is 2. The summed E-state index contributed by atoms with van der Waals surface area (Å²) >= 11 is 0. The number of nitrogens with one attached hydrogen (secondary N) is 1. The molecule has 1 aliphatic rings. The van der Waals surface area contributed by atoms with Gasteiger partial charge >= 0.3 is 0 Å². The zero-order valence-electron chi connectivity index (χ0n) is 20.5. The molecule has 186 valence electrons. The molecule has 0 unspecified atom stereocenters. The highest BCUT2D eigenvalue weighted by atomic mass is 16.3. The number of aromatic nitrogens is 3. The summed E-state index contributed by atoms with van der Waals surface area (Å²) in [4.78, 5) is 34.5. The van der Waals surface area contributed by atoms with Gasteiger partial charge in [-0.2, -0.15) is 5.10 Å². The monoisotopic (exact) mass is 478 g/mol. The number of rotatable bonds is 5. The Morgan fingerprint density at radius 2 is 2.00 bits per heavy atom. The fourth-order valence-electron chi connectivity index (χ4n) is 4.37. The Balaban J connectivity index is 1.53. The van der Waals surface area contributed by atoms with Crippen LogP contribution in [0.25, 0.3) is 5.65 Å².